The van der Waals surface area contributed by atoms with E-state index in [0.717, 1.165) is 4.88 Å². The lowest BCUT2D eigenvalue weighted by Crippen LogP contribution is -1.92. The maximum absolute atomic E-state index is 11.2. The lowest BCUT2D eigenvalue weighted by molar-refractivity contribution is 0.102. The minimum Gasteiger partial charge on any atom is -0.289 e. The predicted octanol–water partition coefficient (Wildman–Crippen LogP) is 2.75. The smallest absolute Gasteiger partial charge is 0.244 e. The first-order valence-electron chi connectivity index (χ1n) is 4.05. The Bertz CT molecular complexity index is 414. The molecule has 1 atom stereocenters. The zero-order chi connectivity index (χ0) is 9.26. The second-order valence-electron chi connectivity index (χ2n) is 2.77. The minimum absolute atomic E-state index is 0.155. The first-order chi connectivity index (χ1) is 6.29. The number of aromatic nitrogens is 1. The Morgan fingerprint density at radius 1 is 1.31 bits per heavy atom. The van der Waals surface area contributed by atoms with E-state index in [1.807, 2.05) is 36.7 Å². The van der Waals surface area contributed by atoms with Gasteiger partial charge in [-0.15, -0.1) is 0 Å². The van der Waals surface area contributed by atoms with Crippen LogP contribution in [-0.4, -0.2) is 9.76 Å². The molecule has 0 aromatic carbocycles. The largest absolute Gasteiger partial charge is 0.289 e. The summed E-state index contributed by atoms with van der Waals surface area (Å²) >= 11 is 0. The van der Waals surface area contributed by atoms with Crippen LogP contribution < -0.4 is 0 Å². The van der Waals surface area contributed by atoms with E-state index in [2.05, 4.69) is 9.35 Å². The van der Waals surface area contributed by atoms with Gasteiger partial charge in [0, 0.05) is 13.0 Å². The molecule has 1 unspecified atom stereocenters. The zero-order valence-electron chi connectivity index (χ0n) is 7.31. The van der Waals surface area contributed by atoms with E-state index in [0.29, 0.717) is 0 Å². The Morgan fingerprint density at radius 2 is 2.00 bits per heavy atom. The fourth-order valence-electron chi connectivity index (χ4n) is 1.24. The van der Waals surface area contributed by atoms with Crippen LogP contribution in [0.3, 0.4) is 0 Å². The molecule has 2 aromatic heterocycles. The lowest BCUT2D eigenvalue weighted by Gasteiger charge is -1.90. The molecule has 0 saturated heterocycles. The first-order valence-corrected chi connectivity index (χ1v) is 5.29. The lowest BCUT2D eigenvalue weighted by atomic mass is 10.4. The van der Waals surface area contributed by atoms with Crippen LogP contribution in [0.1, 0.15) is 16.6 Å². The van der Waals surface area contributed by atoms with Crippen molar-refractivity contribution < 1.29 is 4.79 Å². The average Bonchev–Trinajstić information content (AvgIpc) is 2.74. The van der Waals surface area contributed by atoms with Crippen molar-refractivity contribution in [2.45, 2.75) is 6.92 Å². The summed E-state index contributed by atoms with van der Waals surface area (Å²) in [6.45, 7) is 1.61. The Hall–Kier alpha value is -1.35. The number of rotatable bonds is 2. The highest BCUT2D eigenvalue weighted by molar-refractivity contribution is 7.30. The monoisotopic (exact) mass is 192 g/mol. The van der Waals surface area contributed by atoms with Gasteiger partial charge in [-0.05, 0) is 18.2 Å². The first kappa shape index (κ1) is 8.26. The molecule has 2 heterocycles. The highest BCUT2D eigenvalue weighted by atomic mass is 32.2. The summed E-state index contributed by atoms with van der Waals surface area (Å²) < 4.78 is 2.05. The molecule has 3 heteroatoms. The molecule has 0 spiro atoms. The minimum atomic E-state index is -0.180. The van der Waals surface area contributed by atoms with Gasteiger partial charge in [-0.3, -0.25) is 4.79 Å². The van der Waals surface area contributed by atoms with Crippen LogP contribution >= 0.6 is 10.7 Å². The van der Waals surface area contributed by atoms with E-state index in [9.17, 15) is 4.79 Å². The van der Waals surface area contributed by atoms with E-state index >= 15 is 0 Å². The van der Waals surface area contributed by atoms with Crippen molar-refractivity contribution in [3.8, 4) is 0 Å². The molecule has 2 aromatic rings. The predicted molar refractivity (Wildman–Crippen MR) is 54.2 cm³/mol. The Morgan fingerprint density at radius 3 is 2.62 bits per heavy atom. The van der Waals surface area contributed by atoms with Crippen molar-refractivity contribution in [2.75, 3.05) is 0 Å². The summed E-state index contributed by atoms with van der Waals surface area (Å²) in [4.78, 5) is 12.1. The van der Waals surface area contributed by atoms with Crippen molar-refractivity contribution in [3.63, 3.8) is 0 Å². The summed E-state index contributed by atoms with van der Waals surface area (Å²) in [5.74, 6) is 0.155. The van der Waals surface area contributed by atoms with Crippen molar-refractivity contribution in [3.05, 3.63) is 46.9 Å². The molecule has 66 valence electrons. The number of thiophene rings is 1. The van der Waals surface area contributed by atoms with Gasteiger partial charge < -0.3 is 0 Å². The van der Waals surface area contributed by atoms with Crippen LogP contribution in [0.5, 0.6) is 0 Å². The average molecular weight is 192 g/mol. The molecule has 0 N–H and O–H groups in total. The molecule has 0 aliphatic heterocycles. The summed E-state index contributed by atoms with van der Waals surface area (Å²) in [5.41, 5.74) is 0. The van der Waals surface area contributed by atoms with Gasteiger partial charge in [-0.25, -0.2) is 0 Å². The van der Waals surface area contributed by atoms with Gasteiger partial charge in [-0.2, -0.15) is 3.97 Å². The van der Waals surface area contributed by atoms with Gasteiger partial charge in [0.25, 0.3) is 0 Å². The van der Waals surface area contributed by atoms with Crippen molar-refractivity contribution in [2.24, 2.45) is 0 Å². The van der Waals surface area contributed by atoms with Gasteiger partial charge in [0.15, 0.2) is 5.38 Å². The molecule has 0 aliphatic rings. The number of carbonyl (C=O) groups is 1. The van der Waals surface area contributed by atoms with Gasteiger partial charge >= 0.3 is 0 Å². The van der Waals surface area contributed by atoms with Crippen molar-refractivity contribution >= 4 is 16.4 Å². The van der Waals surface area contributed by atoms with Crippen LogP contribution in [0.2, 0.25) is 0 Å². The molecule has 0 saturated carbocycles. The van der Waals surface area contributed by atoms with Crippen LogP contribution in [0.25, 0.3) is 0 Å². The maximum Gasteiger partial charge on any atom is 0.244 e. The van der Waals surface area contributed by atoms with E-state index in [1.165, 1.54) is 0 Å². The molecular formula is C10H10NOS+. The normalized spacial score (nSPS) is 11.6. The van der Waals surface area contributed by atoms with E-state index in [4.69, 9.17) is 0 Å². The third kappa shape index (κ3) is 1.42. The van der Waals surface area contributed by atoms with Gasteiger partial charge in [0.2, 0.25) is 10.7 Å². The molecule has 0 fully saturated rings. The number of hydrogen-bond acceptors (Lipinski definition) is 1. The highest BCUT2D eigenvalue weighted by Gasteiger charge is 2.18. The van der Waals surface area contributed by atoms with Crippen LogP contribution in [-0.2, 0) is 0 Å². The van der Waals surface area contributed by atoms with E-state index < -0.39 is 0 Å². The molecule has 13 heavy (non-hydrogen) atoms. The Kier molecular flexibility index (Phi) is 2.02. The van der Waals surface area contributed by atoms with Gasteiger partial charge in [-0.1, -0.05) is 0 Å². The molecular weight excluding hydrogens is 182 g/mol. The zero-order valence-corrected chi connectivity index (χ0v) is 8.12. The standard InChI is InChI=1S/C10H10NOS/c1-9(12)10-5-4-8-13(10)11-6-2-3-7-11/h2-8H,1H3/q+1. The second kappa shape index (κ2) is 3.18. The van der Waals surface area contributed by atoms with Gasteiger partial charge in [0.1, 0.15) is 10.7 Å². The fourth-order valence-corrected chi connectivity index (χ4v) is 2.90. The summed E-state index contributed by atoms with van der Waals surface area (Å²) in [6, 6.07) is 7.78. The third-order valence-corrected chi connectivity index (χ3v) is 3.82. The Balaban J connectivity index is 2.52. The Labute approximate surface area is 79.5 Å². The number of ketones is 1. The summed E-state index contributed by atoms with van der Waals surface area (Å²) in [5, 5.41) is 2.05. The molecule has 0 aliphatic carbocycles. The van der Waals surface area contributed by atoms with E-state index in [-0.39, 0.29) is 16.4 Å². The number of carbonyl (C=O) groups excluding carboxylic acids is 1. The quantitative estimate of drug-likeness (QED) is 0.529. The molecule has 0 radical (unpaired) electrons. The maximum atomic E-state index is 11.2. The second-order valence-corrected chi connectivity index (χ2v) is 4.54. The summed E-state index contributed by atoms with van der Waals surface area (Å²) in [7, 11) is -0.180. The van der Waals surface area contributed by atoms with Crippen LogP contribution in [0.15, 0.2) is 42.0 Å². The molecule has 2 nitrogen and oxygen atoms in total. The SMILES string of the molecule is CC(=O)c1ccc[s+]1-n1cccc1. The summed E-state index contributed by atoms with van der Waals surface area (Å²) in [6.07, 6.45) is 3.96. The topological polar surface area (TPSA) is 22.0 Å². The van der Waals surface area contributed by atoms with Crippen LogP contribution in [0, 0.1) is 0 Å². The van der Waals surface area contributed by atoms with E-state index in [1.54, 1.807) is 6.92 Å². The number of nitrogens with zero attached hydrogens (tertiary/aromatic N) is 1. The highest BCUT2D eigenvalue weighted by Crippen LogP contribution is 2.26. The van der Waals surface area contributed by atoms with Crippen LogP contribution in [0.4, 0.5) is 0 Å². The fraction of sp³-hybridized carbons (Fsp3) is 0.100. The van der Waals surface area contributed by atoms with Gasteiger partial charge in [0.05, 0.1) is 12.4 Å². The molecule has 2 rings (SSSR count). The molecule has 0 amide bonds. The number of hydrogen-bond donors (Lipinski definition) is 0. The third-order valence-electron chi connectivity index (χ3n) is 1.83. The van der Waals surface area contributed by atoms with Crippen molar-refractivity contribution in [1.82, 2.24) is 3.97 Å². The molecule has 0 bridgehead atoms. The number of Topliss-reactive ketones (excluding diaryl/α,β-unsaturated/α-hetero) is 1. The van der Waals surface area contributed by atoms with Crippen molar-refractivity contribution in [1.29, 1.82) is 0 Å².